The minimum atomic E-state index is -0.716. The highest BCUT2D eigenvalue weighted by Crippen LogP contribution is 2.35. The van der Waals surface area contributed by atoms with Crippen molar-refractivity contribution in [2.24, 2.45) is 5.92 Å². The van der Waals surface area contributed by atoms with Crippen molar-refractivity contribution in [1.82, 2.24) is 0 Å². The van der Waals surface area contributed by atoms with Gasteiger partial charge < -0.3 is 10.1 Å². The topological polar surface area (TPSA) is 55.4 Å². The van der Waals surface area contributed by atoms with Gasteiger partial charge in [0.1, 0.15) is 5.82 Å². The Morgan fingerprint density at radius 1 is 1.57 bits per heavy atom. The second kappa shape index (κ2) is 6.39. The first kappa shape index (κ1) is 15.7. The lowest BCUT2D eigenvalue weighted by Gasteiger charge is -2.15. The molecule has 1 aliphatic carbocycles. The number of rotatable bonds is 5. The number of hydrogen-bond acceptors (Lipinski definition) is 3. The SMILES string of the molecule is C=Cc1c(Br)c(F)cc(C(=O)OC)c1NC(=O)CC1CC1. The summed E-state index contributed by atoms with van der Waals surface area (Å²) in [7, 11) is 1.20. The van der Waals surface area contributed by atoms with Crippen LogP contribution in [0.3, 0.4) is 0 Å². The van der Waals surface area contributed by atoms with Crippen molar-refractivity contribution < 1.29 is 18.7 Å². The third kappa shape index (κ3) is 3.50. The van der Waals surface area contributed by atoms with E-state index in [1.54, 1.807) is 0 Å². The molecule has 4 nitrogen and oxygen atoms in total. The molecule has 1 amide bonds. The number of amides is 1. The largest absolute Gasteiger partial charge is 0.465 e. The Bertz CT molecular complexity index is 611. The van der Waals surface area contributed by atoms with Gasteiger partial charge in [0.2, 0.25) is 5.91 Å². The number of carbonyl (C=O) groups is 2. The van der Waals surface area contributed by atoms with Crippen LogP contribution in [-0.2, 0) is 9.53 Å². The van der Waals surface area contributed by atoms with Crippen molar-refractivity contribution in [3.8, 4) is 0 Å². The van der Waals surface area contributed by atoms with E-state index in [4.69, 9.17) is 0 Å². The van der Waals surface area contributed by atoms with Crippen molar-refractivity contribution in [2.75, 3.05) is 12.4 Å². The van der Waals surface area contributed by atoms with E-state index in [1.807, 2.05) is 0 Å². The molecule has 2 rings (SSSR count). The molecule has 1 aromatic rings. The Morgan fingerprint density at radius 3 is 2.76 bits per heavy atom. The average Bonchev–Trinajstić information content (AvgIpc) is 3.26. The van der Waals surface area contributed by atoms with Crippen LogP contribution in [0, 0.1) is 11.7 Å². The number of esters is 1. The summed E-state index contributed by atoms with van der Waals surface area (Å²) < 4.78 is 18.6. The third-order valence-electron chi connectivity index (χ3n) is 3.30. The minimum Gasteiger partial charge on any atom is -0.465 e. The molecule has 1 aliphatic rings. The number of methoxy groups -OCH3 is 1. The lowest BCUT2D eigenvalue weighted by atomic mass is 10.1. The van der Waals surface area contributed by atoms with Gasteiger partial charge in [-0.3, -0.25) is 4.79 Å². The molecule has 0 heterocycles. The first-order valence-electron chi connectivity index (χ1n) is 6.50. The first-order chi connectivity index (χ1) is 9.97. The van der Waals surface area contributed by atoms with Gasteiger partial charge in [0.15, 0.2) is 0 Å². The van der Waals surface area contributed by atoms with Crippen LogP contribution in [0.5, 0.6) is 0 Å². The summed E-state index contributed by atoms with van der Waals surface area (Å²) in [4.78, 5) is 23.8. The molecule has 0 aromatic heterocycles. The minimum absolute atomic E-state index is 0.0303. The fourth-order valence-electron chi connectivity index (χ4n) is 2.02. The standard InChI is InChI=1S/C15H15BrFNO3/c1-3-9-13(16)11(17)7-10(15(20)21-2)14(9)18-12(19)6-8-4-5-8/h3,7-8H,1,4-6H2,2H3,(H,18,19). The zero-order valence-electron chi connectivity index (χ0n) is 11.5. The number of anilines is 1. The zero-order valence-corrected chi connectivity index (χ0v) is 13.1. The number of nitrogens with one attached hydrogen (secondary N) is 1. The fourth-order valence-corrected chi connectivity index (χ4v) is 2.49. The van der Waals surface area contributed by atoms with E-state index in [-0.39, 0.29) is 21.6 Å². The van der Waals surface area contributed by atoms with E-state index in [0.717, 1.165) is 18.9 Å². The monoisotopic (exact) mass is 355 g/mol. The molecular weight excluding hydrogens is 341 g/mol. The number of hydrogen-bond donors (Lipinski definition) is 1. The molecule has 1 aromatic carbocycles. The Balaban J connectivity index is 2.43. The predicted molar refractivity (Wildman–Crippen MR) is 81.5 cm³/mol. The fraction of sp³-hybridized carbons (Fsp3) is 0.333. The normalized spacial score (nSPS) is 13.7. The van der Waals surface area contributed by atoms with Crippen molar-refractivity contribution in [3.63, 3.8) is 0 Å². The van der Waals surface area contributed by atoms with Gasteiger partial charge in [0.05, 0.1) is 22.8 Å². The lowest BCUT2D eigenvalue weighted by molar-refractivity contribution is -0.116. The van der Waals surface area contributed by atoms with Gasteiger partial charge in [0, 0.05) is 12.0 Å². The van der Waals surface area contributed by atoms with Gasteiger partial charge in [-0.05, 0) is 40.8 Å². The molecule has 0 radical (unpaired) electrons. The molecule has 6 heteroatoms. The molecule has 0 bridgehead atoms. The summed E-state index contributed by atoms with van der Waals surface area (Å²) in [6, 6.07) is 1.04. The zero-order chi connectivity index (χ0) is 15.6. The molecule has 0 saturated heterocycles. The third-order valence-corrected chi connectivity index (χ3v) is 4.11. The van der Waals surface area contributed by atoms with Crippen LogP contribution in [0.15, 0.2) is 17.1 Å². The molecule has 1 saturated carbocycles. The van der Waals surface area contributed by atoms with Crippen LogP contribution in [0.25, 0.3) is 6.08 Å². The maximum Gasteiger partial charge on any atom is 0.340 e. The molecule has 1 N–H and O–H groups in total. The van der Waals surface area contributed by atoms with E-state index < -0.39 is 11.8 Å². The van der Waals surface area contributed by atoms with E-state index in [2.05, 4.69) is 32.6 Å². The van der Waals surface area contributed by atoms with Crippen LogP contribution in [0.2, 0.25) is 0 Å². The molecule has 0 spiro atoms. The van der Waals surface area contributed by atoms with Crippen LogP contribution >= 0.6 is 15.9 Å². The van der Waals surface area contributed by atoms with Crippen LogP contribution in [0.1, 0.15) is 35.2 Å². The van der Waals surface area contributed by atoms with Gasteiger partial charge in [-0.15, -0.1) is 0 Å². The molecule has 21 heavy (non-hydrogen) atoms. The Kier molecular flexibility index (Phi) is 4.77. The second-order valence-electron chi connectivity index (χ2n) is 4.90. The summed E-state index contributed by atoms with van der Waals surface area (Å²) in [5.41, 5.74) is 0.507. The Hall–Kier alpha value is -1.69. The average molecular weight is 356 g/mol. The van der Waals surface area contributed by atoms with Crippen molar-refractivity contribution in [2.45, 2.75) is 19.3 Å². The highest BCUT2D eigenvalue weighted by molar-refractivity contribution is 9.10. The van der Waals surface area contributed by atoms with E-state index in [9.17, 15) is 14.0 Å². The summed E-state index contributed by atoms with van der Waals surface area (Å²) >= 11 is 3.10. The van der Waals surface area contributed by atoms with Crippen LogP contribution in [0.4, 0.5) is 10.1 Å². The lowest BCUT2D eigenvalue weighted by Crippen LogP contribution is -2.17. The summed E-state index contributed by atoms with van der Waals surface area (Å²) in [5.74, 6) is -1.14. The molecule has 0 atom stereocenters. The van der Waals surface area contributed by atoms with Gasteiger partial charge in [-0.2, -0.15) is 0 Å². The summed E-state index contributed by atoms with van der Waals surface area (Å²) in [6.07, 6.45) is 3.86. The molecule has 1 fully saturated rings. The number of halogens is 2. The maximum atomic E-state index is 13.8. The molecule has 0 aliphatic heterocycles. The van der Waals surface area contributed by atoms with E-state index in [1.165, 1.54) is 13.2 Å². The van der Waals surface area contributed by atoms with Gasteiger partial charge >= 0.3 is 5.97 Å². The maximum absolute atomic E-state index is 13.8. The highest BCUT2D eigenvalue weighted by atomic mass is 79.9. The Labute approximate surface area is 130 Å². The number of carbonyl (C=O) groups excluding carboxylic acids is 2. The molecule has 0 unspecified atom stereocenters. The van der Waals surface area contributed by atoms with Gasteiger partial charge in [-0.1, -0.05) is 12.7 Å². The van der Waals surface area contributed by atoms with Gasteiger partial charge in [-0.25, -0.2) is 9.18 Å². The van der Waals surface area contributed by atoms with Crippen molar-refractivity contribution in [3.05, 3.63) is 34.1 Å². The van der Waals surface area contributed by atoms with Crippen LogP contribution in [-0.4, -0.2) is 19.0 Å². The van der Waals surface area contributed by atoms with E-state index in [0.29, 0.717) is 17.9 Å². The second-order valence-corrected chi connectivity index (χ2v) is 5.69. The summed E-state index contributed by atoms with van der Waals surface area (Å²) in [6.45, 7) is 3.60. The van der Waals surface area contributed by atoms with Crippen LogP contribution < -0.4 is 5.32 Å². The molecular formula is C15H15BrFNO3. The number of benzene rings is 1. The van der Waals surface area contributed by atoms with Gasteiger partial charge in [0.25, 0.3) is 0 Å². The van der Waals surface area contributed by atoms with E-state index >= 15 is 0 Å². The summed E-state index contributed by atoms with van der Waals surface area (Å²) in [5, 5.41) is 2.68. The quantitative estimate of drug-likeness (QED) is 0.818. The molecule has 112 valence electrons. The Morgan fingerprint density at radius 2 is 2.24 bits per heavy atom. The smallest absolute Gasteiger partial charge is 0.340 e. The van der Waals surface area contributed by atoms with Crippen molar-refractivity contribution in [1.29, 1.82) is 0 Å². The number of ether oxygens (including phenoxy) is 1. The predicted octanol–water partition coefficient (Wildman–Crippen LogP) is 3.76. The van der Waals surface area contributed by atoms with Crippen molar-refractivity contribution >= 4 is 39.6 Å². The highest BCUT2D eigenvalue weighted by Gasteiger charge is 2.26. The first-order valence-corrected chi connectivity index (χ1v) is 7.29.